The molecule has 0 aliphatic rings. The Morgan fingerprint density at radius 2 is 2.00 bits per heavy atom. The summed E-state index contributed by atoms with van der Waals surface area (Å²) >= 11 is 6.07. The van der Waals surface area contributed by atoms with Crippen LogP contribution in [0.5, 0.6) is 0 Å². The third-order valence-corrected chi connectivity index (χ3v) is 4.02. The van der Waals surface area contributed by atoms with E-state index in [9.17, 15) is 9.18 Å². The molecule has 6 heteroatoms. The molecule has 0 fully saturated rings. The van der Waals surface area contributed by atoms with E-state index in [0.717, 1.165) is 24.1 Å². The van der Waals surface area contributed by atoms with Gasteiger partial charge in [-0.05, 0) is 42.8 Å². The van der Waals surface area contributed by atoms with Crippen LogP contribution in [0.25, 0.3) is 11.3 Å². The second-order valence-corrected chi connectivity index (χ2v) is 6.08. The maximum absolute atomic E-state index is 13.1. The Morgan fingerprint density at radius 1 is 1.24 bits per heavy atom. The van der Waals surface area contributed by atoms with Crippen LogP contribution < -0.4 is 5.32 Å². The molecule has 0 aliphatic heterocycles. The van der Waals surface area contributed by atoms with E-state index in [1.807, 2.05) is 19.1 Å². The van der Waals surface area contributed by atoms with Gasteiger partial charge in [-0.3, -0.25) is 9.89 Å². The van der Waals surface area contributed by atoms with Crippen molar-refractivity contribution >= 4 is 23.2 Å². The number of carbonyl (C=O) groups excluding carboxylic acids is 1. The number of benzene rings is 2. The number of carbonyl (C=O) groups is 1. The van der Waals surface area contributed by atoms with E-state index in [0.29, 0.717) is 22.0 Å². The van der Waals surface area contributed by atoms with Gasteiger partial charge in [-0.1, -0.05) is 37.1 Å². The Kier molecular flexibility index (Phi) is 5.14. The van der Waals surface area contributed by atoms with Gasteiger partial charge >= 0.3 is 0 Å². The molecule has 3 rings (SSSR count). The summed E-state index contributed by atoms with van der Waals surface area (Å²) in [6, 6.07) is 12.7. The Labute approximate surface area is 150 Å². The second-order valence-electron chi connectivity index (χ2n) is 5.65. The molecule has 25 heavy (non-hydrogen) atoms. The van der Waals surface area contributed by atoms with Gasteiger partial charge in [0.05, 0.1) is 11.4 Å². The number of hydrogen-bond acceptors (Lipinski definition) is 2. The van der Waals surface area contributed by atoms with Crippen LogP contribution >= 0.6 is 11.6 Å². The van der Waals surface area contributed by atoms with E-state index >= 15 is 0 Å². The van der Waals surface area contributed by atoms with E-state index in [1.54, 1.807) is 12.1 Å². The third kappa shape index (κ3) is 3.88. The van der Waals surface area contributed by atoms with Gasteiger partial charge in [-0.15, -0.1) is 0 Å². The summed E-state index contributed by atoms with van der Waals surface area (Å²) in [5, 5.41) is 10.8. The Hall–Kier alpha value is -2.66. The molecular weight excluding hydrogens is 341 g/mol. The molecule has 2 N–H and O–H groups in total. The largest absolute Gasteiger partial charge is 0.319 e. The minimum absolute atomic E-state index is 0.318. The van der Waals surface area contributed by atoms with E-state index in [4.69, 9.17) is 11.6 Å². The number of halogens is 2. The van der Waals surface area contributed by atoms with Crippen LogP contribution in [0.4, 0.5) is 10.1 Å². The van der Waals surface area contributed by atoms with Gasteiger partial charge in [0.15, 0.2) is 0 Å². The van der Waals surface area contributed by atoms with E-state index < -0.39 is 0 Å². The molecule has 0 radical (unpaired) electrons. The fourth-order valence-corrected chi connectivity index (χ4v) is 2.77. The van der Waals surface area contributed by atoms with Crippen LogP contribution in [0.1, 0.15) is 29.4 Å². The number of H-pyrrole nitrogens is 1. The predicted octanol–water partition coefficient (Wildman–Crippen LogP) is 5.07. The number of nitrogens with zero attached hydrogens (tertiary/aromatic N) is 1. The van der Waals surface area contributed by atoms with Crippen molar-refractivity contribution in [3.63, 3.8) is 0 Å². The number of hydrogen-bond donors (Lipinski definition) is 2. The zero-order valence-electron chi connectivity index (χ0n) is 13.6. The van der Waals surface area contributed by atoms with Crippen molar-refractivity contribution in [2.75, 3.05) is 5.32 Å². The quantitative estimate of drug-likeness (QED) is 0.669. The number of rotatable bonds is 5. The summed E-state index contributed by atoms with van der Waals surface area (Å²) in [7, 11) is 0. The normalized spacial score (nSPS) is 10.7. The van der Waals surface area contributed by atoms with Crippen molar-refractivity contribution in [2.24, 2.45) is 0 Å². The molecule has 1 aromatic heterocycles. The number of anilines is 1. The molecule has 0 aliphatic carbocycles. The zero-order chi connectivity index (χ0) is 17.8. The van der Waals surface area contributed by atoms with Crippen LogP contribution in [0.2, 0.25) is 5.02 Å². The van der Waals surface area contributed by atoms with Gasteiger partial charge in [0.2, 0.25) is 0 Å². The van der Waals surface area contributed by atoms with Crippen molar-refractivity contribution in [3.05, 3.63) is 70.6 Å². The lowest BCUT2D eigenvalue weighted by atomic mass is 10.1. The molecule has 0 saturated carbocycles. The van der Waals surface area contributed by atoms with Crippen LogP contribution in [0.15, 0.2) is 48.5 Å². The zero-order valence-corrected chi connectivity index (χ0v) is 14.4. The maximum atomic E-state index is 13.1. The lowest BCUT2D eigenvalue weighted by Crippen LogP contribution is -2.13. The first-order valence-corrected chi connectivity index (χ1v) is 8.36. The van der Waals surface area contributed by atoms with Crippen LogP contribution in [-0.2, 0) is 6.42 Å². The second kappa shape index (κ2) is 7.49. The smallest absolute Gasteiger partial charge is 0.255 e. The van der Waals surface area contributed by atoms with Crippen LogP contribution in [-0.4, -0.2) is 16.1 Å². The molecule has 3 aromatic rings. The van der Waals surface area contributed by atoms with Gasteiger partial charge in [0, 0.05) is 16.1 Å². The maximum Gasteiger partial charge on any atom is 0.255 e. The molecule has 1 heterocycles. The summed E-state index contributed by atoms with van der Waals surface area (Å²) in [5.74, 6) is -0.701. The molecule has 0 saturated heterocycles. The lowest BCUT2D eigenvalue weighted by molar-refractivity contribution is 0.102. The van der Waals surface area contributed by atoms with Gasteiger partial charge in [-0.25, -0.2) is 4.39 Å². The number of aryl methyl sites for hydroxylation is 1. The molecule has 0 atom stereocenters. The monoisotopic (exact) mass is 357 g/mol. The highest BCUT2D eigenvalue weighted by Crippen LogP contribution is 2.31. The first-order valence-electron chi connectivity index (χ1n) is 7.98. The van der Waals surface area contributed by atoms with E-state index in [2.05, 4.69) is 15.5 Å². The average Bonchev–Trinajstić information content (AvgIpc) is 2.98. The highest BCUT2D eigenvalue weighted by atomic mass is 35.5. The van der Waals surface area contributed by atoms with Crippen molar-refractivity contribution in [3.8, 4) is 11.3 Å². The molecule has 2 aromatic carbocycles. The number of aromatic nitrogens is 2. The molecular formula is C19H17ClFN3O. The molecule has 0 spiro atoms. The molecule has 0 unspecified atom stereocenters. The summed E-state index contributed by atoms with van der Waals surface area (Å²) in [6.07, 6.45) is 1.64. The Bertz CT molecular complexity index is 890. The minimum atomic E-state index is -0.383. The molecule has 0 bridgehead atoms. The summed E-state index contributed by atoms with van der Waals surface area (Å²) in [6.45, 7) is 2.05. The summed E-state index contributed by atoms with van der Waals surface area (Å²) < 4.78 is 13.1. The fourth-order valence-electron chi connectivity index (χ4n) is 2.58. The highest BCUT2D eigenvalue weighted by molar-refractivity contribution is 6.30. The standard InChI is InChI=1S/C19H17ClFN3O/c1-2-4-16-18(22-19(25)12-7-9-15(21)10-8-12)17(24-23-16)13-5-3-6-14(20)11-13/h3,5-11H,2,4H2,1H3,(H,22,25)(H,23,24). The molecule has 1 amide bonds. The van der Waals surface area contributed by atoms with Crippen molar-refractivity contribution in [1.29, 1.82) is 0 Å². The summed E-state index contributed by atoms with van der Waals surface area (Å²) in [4.78, 5) is 12.5. The number of nitrogens with one attached hydrogen (secondary N) is 2. The Morgan fingerprint density at radius 3 is 2.68 bits per heavy atom. The Balaban J connectivity index is 1.97. The van der Waals surface area contributed by atoms with E-state index in [1.165, 1.54) is 24.3 Å². The SMILES string of the molecule is CCCc1[nH]nc(-c2cccc(Cl)c2)c1NC(=O)c1ccc(F)cc1. The van der Waals surface area contributed by atoms with Crippen LogP contribution in [0.3, 0.4) is 0 Å². The van der Waals surface area contributed by atoms with Crippen LogP contribution in [0, 0.1) is 5.82 Å². The fraction of sp³-hybridized carbons (Fsp3) is 0.158. The summed E-state index contributed by atoms with van der Waals surface area (Å²) in [5.41, 5.74) is 3.27. The first-order chi connectivity index (χ1) is 12.1. The van der Waals surface area contributed by atoms with Gasteiger partial charge in [-0.2, -0.15) is 5.10 Å². The minimum Gasteiger partial charge on any atom is -0.319 e. The van der Waals surface area contributed by atoms with E-state index in [-0.39, 0.29) is 11.7 Å². The molecule has 4 nitrogen and oxygen atoms in total. The number of aromatic amines is 1. The van der Waals surface area contributed by atoms with Crippen molar-refractivity contribution < 1.29 is 9.18 Å². The lowest BCUT2D eigenvalue weighted by Gasteiger charge is -2.09. The predicted molar refractivity (Wildman–Crippen MR) is 97.4 cm³/mol. The van der Waals surface area contributed by atoms with Gasteiger partial charge < -0.3 is 5.32 Å². The van der Waals surface area contributed by atoms with Gasteiger partial charge in [0.25, 0.3) is 5.91 Å². The number of amides is 1. The third-order valence-electron chi connectivity index (χ3n) is 3.78. The average molecular weight is 358 g/mol. The topological polar surface area (TPSA) is 57.8 Å². The first kappa shape index (κ1) is 17.2. The van der Waals surface area contributed by atoms with Gasteiger partial charge in [0.1, 0.15) is 11.5 Å². The van der Waals surface area contributed by atoms with Crippen molar-refractivity contribution in [1.82, 2.24) is 10.2 Å². The molecule has 128 valence electrons. The highest BCUT2D eigenvalue weighted by Gasteiger charge is 2.18. The van der Waals surface area contributed by atoms with Crippen molar-refractivity contribution in [2.45, 2.75) is 19.8 Å².